The second-order valence-electron chi connectivity index (χ2n) is 6.81. The van der Waals surface area contributed by atoms with E-state index in [9.17, 15) is 26.4 Å². The molecule has 2 N–H and O–H groups in total. The Kier molecular flexibility index (Phi) is 5.99. The lowest BCUT2D eigenvalue weighted by Crippen LogP contribution is -2.28. The van der Waals surface area contributed by atoms with E-state index >= 15 is 0 Å². The summed E-state index contributed by atoms with van der Waals surface area (Å²) in [5.41, 5.74) is 0.338. The Bertz CT molecular complexity index is 999. The third-order valence-corrected chi connectivity index (χ3v) is 6.10. The number of halogens is 3. The molecule has 1 aromatic heterocycles. The van der Waals surface area contributed by atoms with Gasteiger partial charge in [-0.25, -0.2) is 13.1 Å². The van der Waals surface area contributed by atoms with Crippen LogP contribution >= 0.6 is 0 Å². The van der Waals surface area contributed by atoms with Crippen molar-refractivity contribution in [3.8, 4) is 0 Å². The maximum absolute atomic E-state index is 13.2. The zero-order valence-electron chi connectivity index (χ0n) is 15.7. The molecule has 2 aromatic rings. The highest BCUT2D eigenvalue weighted by Gasteiger charge is 2.39. The summed E-state index contributed by atoms with van der Waals surface area (Å²) in [6.45, 7) is 1.24. The number of carbonyl (C=O) groups excluding carboxylic acids is 1. The number of hydrogen-bond acceptors (Lipinski definition) is 4. The monoisotopic (exact) mass is 430 g/mol. The highest BCUT2D eigenvalue weighted by Crippen LogP contribution is 2.35. The van der Waals surface area contributed by atoms with Gasteiger partial charge in [-0.2, -0.15) is 18.3 Å². The molecule has 1 aromatic carbocycles. The zero-order chi connectivity index (χ0) is 21.2. The van der Waals surface area contributed by atoms with Crippen molar-refractivity contribution in [3.63, 3.8) is 0 Å². The zero-order valence-corrected chi connectivity index (χ0v) is 16.5. The molecule has 0 saturated heterocycles. The van der Waals surface area contributed by atoms with Crippen LogP contribution in [0.3, 0.4) is 0 Å². The van der Waals surface area contributed by atoms with Crippen LogP contribution in [0.4, 0.5) is 18.9 Å². The first kappa shape index (κ1) is 21.3. The quantitative estimate of drug-likeness (QED) is 0.737. The maximum Gasteiger partial charge on any atom is 0.435 e. The van der Waals surface area contributed by atoms with Crippen LogP contribution in [0, 0.1) is 0 Å². The van der Waals surface area contributed by atoms with Crippen LogP contribution in [0.5, 0.6) is 0 Å². The molecule has 3 rings (SSSR count). The van der Waals surface area contributed by atoms with Crippen molar-refractivity contribution in [2.75, 3.05) is 11.9 Å². The number of aromatic nitrogens is 2. The van der Waals surface area contributed by atoms with E-state index < -0.39 is 21.9 Å². The molecule has 11 heteroatoms. The van der Waals surface area contributed by atoms with Gasteiger partial charge in [0.15, 0.2) is 5.69 Å². The van der Waals surface area contributed by atoms with Crippen LogP contribution in [0.1, 0.15) is 36.7 Å². The Hall–Kier alpha value is -2.40. The number of fused-ring (bicyclic) bond motifs is 1. The molecule has 0 unspecified atom stereocenters. The smallest absolute Gasteiger partial charge is 0.326 e. The van der Waals surface area contributed by atoms with Gasteiger partial charge in [0.1, 0.15) is 0 Å². The molecule has 0 spiro atoms. The molecule has 1 amide bonds. The number of anilines is 1. The van der Waals surface area contributed by atoms with Gasteiger partial charge in [0.25, 0.3) is 0 Å². The van der Waals surface area contributed by atoms with Crippen molar-refractivity contribution < 1.29 is 26.4 Å². The largest absolute Gasteiger partial charge is 0.435 e. The molecule has 29 heavy (non-hydrogen) atoms. The number of benzene rings is 1. The van der Waals surface area contributed by atoms with Gasteiger partial charge in [0.05, 0.1) is 11.4 Å². The Morgan fingerprint density at radius 3 is 2.45 bits per heavy atom. The van der Waals surface area contributed by atoms with Crippen molar-refractivity contribution in [2.45, 2.75) is 50.2 Å². The topological polar surface area (TPSA) is 93.1 Å². The third kappa shape index (κ3) is 4.96. The van der Waals surface area contributed by atoms with Gasteiger partial charge in [-0.3, -0.25) is 9.48 Å². The Morgan fingerprint density at radius 2 is 1.83 bits per heavy atom. The van der Waals surface area contributed by atoms with Crippen LogP contribution < -0.4 is 10.0 Å². The van der Waals surface area contributed by atoms with Gasteiger partial charge < -0.3 is 5.32 Å². The van der Waals surface area contributed by atoms with Crippen molar-refractivity contribution in [2.24, 2.45) is 0 Å². The van der Waals surface area contributed by atoms with Crippen LogP contribution in [-0.2, 0) is 40.4 Å². The molecule has 1 heterocycles. The first-order chi connectivity index (χ1) is 13.6. The summed E-state index contributed by atoms with van der Waals surface area (Å²) in [5, 5.41) is 6.25. The lowest BCUT2D eigenvalue weighted by Gasteiger charge is -2.15. The minimum Gasteiger partial charge on any atom is -0.326 e. The molecule has 0 aliphatic heterocycles. The predicted octanol–water partition coefficient (Wildman–Crippen LogP) is 2.72. The maximum atomic E-state index is 13.2. The van der Waals surface area contributed by atoms with Crippen molar-refractivity contribution in [1.29, 1.82) is 0 Å². The van der Waals surface area contributed by atoms with Gasteiger partial charge in [-0.1, -0.05) is 0 Å². The van der Waals surface area contributed by atoms with Gasteiger partial charge in [0, 0.05) is 30.4 Å². The minimum absolute atomic E-state index is 0.00161. The standard InChI is InChI=1S/C18H21F3N4O3S/c1-12(26)23-13-6-8-14(9-7-13)29(27,28)22-10-11-25-16-5-3-2-4-15(16)17(24-25)18(19,20)21/h6-9,22H,2-5,10-11H2,1H3,(H,23,26). The van der Waals surface area contributed by atoms with Gasteiger partial charge in [-0.15, -0.1) is 0 Å². The number of rotatable bonds is 6. The number of nitrogens with one attached hydrogen (secondary N) is 2. The first-order valence-electron chi connectivity index (χ1n) is 9.11. The van der Waals surface area contributed by atoms with E-state index in [1.165, 1.54) is 35.9 Å². The summed E-state index contributed by atoms with van der Waals surface area (Å²) < 4.78 is 68.1. The van der Waals surface area contributed by atoms with Crippen LogP contribution in [0.15, 0.2) is 29.2 Å². The van der Waals surface area contributed by atoms with E-state index in [1.54, 1.807) is 0 Å². The summed E-state index contributed by atoms with van der Waals surface area (Å²) in [4.78, 5) is 11.0. The lowest BCUT2D eigenvalue weighted by molar-refractivity contribution is -0.142. The van der Waals surface area contributed by atoms with Gasteiger partial charge >= 0.3 is 6.18 Å². The summed E-state index contributed by atoms with van der Waals surface area (Å²) in [6, 6.07) is 5.58. The fourth-order valence-electron chi connectivity index (χ4n) is 3.37. The van der Waals surface area contributed by atoms with Crippen molar-refractivity contribution in [3.05, 3.63) is 41.2 Å². The minimum atomic E-state index is -4.53. The summed E-state index contributed by atoms with van der Waals surface area (Å²) in [6.07, 6.45) is -2.24. The van der Waals surface area contributed by atoms with E-state index in [-0.39, 0.29) is 29.5 Å². The molecule has 1 aliphatic carbocycles. The third-order valence-electron chi connectivity index (χ3n) is 4.63. The fourth-order valence-corrected chi connectivity index (χ4v) is 4.39. The number of alkyl halides is 3. The van der Waals surface area contributed by atoms with Gasteiger partial charge in [-0.05, 0) is 49.9 Å². The molecule has 0 atom stereocenters. The number of hydrogen-bond donors (Lipinski definition) is 2. The first-order valence-corrected chi connectivity index (χ1v) is 10.6. The number of carbonyl (C=O) groups is 1. The molecular weight excluding hydrogens is 409 g/mol. The Balaban J connectivity index is 1.69. The fraction of sp³-hybridized carbons (Fsp3) is 0.444. The molecule has 158 valence electrons. The number of amides is 1. The highest BCUT2D eigenvalue weighted by molar-refractivity contribution is 7.89. The van der Waals surface area contributed by atoms with Crippen LogP contribution in [-0.4, -0.2) is 30.7 Å². The SMILES string of the molecule is CC(=O)Nc1ccc(S(=O)(=O)NCCn2nc(C(F)(F)F)c3c2CCCC3)cc1. The normalized spacial score (nSPS) is 14.5. The highest BCUT2D eigenvalue weighted by atomic mass is 32.2. The summed E-state index contributed by atoms with van der Waals surface area (Å²) in [5.74, 6) is -0.278. The second-order valence-corrected chi connectivity index (χ2v) is 8.57. The van der Waals surface area contributed by atoms with Crippen molar-refractivity contribution >= 4 is 21.6 Å². The number of nitrogens with zero attached hydrogens (tertiary/aromatic N) is 2. The van der Waals surface area contributed by atoms with E-state index in [0.29, 0.717) is 30.6 Å². The van der Waals surface area contributed by atoms with Crippen LogP contribution in [0.2, 0.25) is 0 Å². The van der Waals surface area contributed by atoms with Crippen molar-refractivity contribution in [1.82, 2.24) is 14.5 Å². The van der Waals surface area contributed by atoms with Gasteiger partial charge in [0.2, 0.25) is 15.9 Å². The molecule has 7 nitrogen and oxygen atoms in total. The average Bonchev–Trinajstić information content (AvgIpc) is 3.01. The average molecular weight is 430 g/mol. The van der Waals surface area contributed by atoms with E-state index in [1.807, 2.05) is 0 Å². The van der Waals surface area contributed by atoms with E-state index in [0.717, 1.165) is 6.42 Å². The van der Waals surface area contributed by atoms with Crippen LogP contribution in [0.25, 0.3) is 0 Å². The molecule has 0 saturated carbocycles. The van der Waals surface area contributed by atoms with E-state index in [2.05, 4.69) is 15.1 Å². The molecule has 0 radical (unpaired) electrons. The molecule has 0 fully saturated rings. The Morgan fingerprint density at radius 1 is 1.17 bits per heavy atom. The predicted molar refractivity (Wildman–Crippen MR) is 99.8 cm³/mol. The summed E-state index contributed by atoms with van der Waals surface area (Å²) >= 11 is 0. The Labute approximate surface area is 166 Å². The molecular formula is C18H21F3N4O3S. The molecule has 1 aliphatic rings. The molecule has 0 bridgehead atoms. The number of sulfonamides is 1. The second kappa shape index (κ2) is 8.15. The summed E-state index contributed by atoms with van der Waals surface area (Å²) in [7, 11) is -3.84. The van der Waals surface area contributed by atoms with E-state index in [4.69, 9.17) is 0 Å². The lowest BCUT2D eigenvalue weighted by atomic mass is 9.95.